The van der Waals surface area contributed by atoms with Crippen LogP contribution in [0.2, 0.25) is 0 Å². The van der Waals surface area contributed by atoms with Gasteiger partial charge in [0.1, 0.15) is 23.0 Å². The second kappa shape index (κ2) is 9.51. The lowest BCUT2D eigenvalue weighted by Gasteiger charge is -2.25. The summed E-state index contributed by atoms with van der Waals surface area (Å²) in [5.41, 5.74) is 0.446. The van der Waals surface area contributed by atoms with Crippen LogP contribution in [-0.4, -0.2) is 24.3 Å². The number of carbonyl (C=O) groups is 1. The third kappa shape index (κ3) is 5.93. The zero-order valence-corrected chi connectivity index (χ0v) is 18.0. The first-order valence-corrected chi connectivity index (χ1v) is 10.3. The Morgan fingerprint density at radius 3 is 1.83 bits per heavy atom. The average molecular weight is 512 g/mol. The number of alkyl halides is 6. The van der Waals surface area contributed by atoms with Crippen LogP contribution in [0.25, 0.3) is 0 Å². The van der Waals surface area contributed by atoms with Crippen molar-refractivity contribution in [2.75, 3.05) is 4.90 Å². The summed E-state index contributed by atoms with van der Waals surface area (Å²) < 4.78 is 96.9. The summed E-state index contributed by atoms with van der Waals surface area (Å²) in [6.45, 7) is 0. The van der Waals surface area contributed by atoms with Gasteiger partial charge in [-0.3, -0.25) is 9.69 Å². The minimum atomic E-state index is -4.90. The molecular weight excluding hydrogens is 497 g/mol. The first-order chi connectivity index (χ1) is 16.9. The van der Waals surface area contributed by atoms with E-state index in [2.05, 4.69) is 14.5 Å². The zero-order chi connectivity index (χ0) is 26.1. The van der Waals surface area contributed by atoms with E-state index in [1.165, 1.54) is 47.4 Å². The third-order valence-corrected chi connectivity index (χ3v) is 5.11. The maximum absolute atomic E-state index is 14.6. The molecule has 188 valence electrons. The van der Waals surface area contributed by atoms with Crippen LogP contribution < -0.4 is 14.4 Å². The average Bonchev–Trinajstić information content (AvgIpc) is 3.09. The maximum Gasteiger partial charge on any atom is 0.573 e. The first-order valence-electron chi connectivity index (χ1n) is 10.3. The first kappa shape index (κ1) is 25.0. The summed E-state index contributed by atoms with van der Waals surface area (Å²) in [6.07, 6.45) is -9.84. The number of nitrogens with zero attached hydrogens (tertiary/aromatic N) is 2. The van der Waals surface area contributed by atoms with Crippen LogP contribution in [-0.2, 0) is 4.79 Å². The highest BCUT2D eigenvalue weighted by atomic mass is 19.4. The third-order valence-electron chi connectivity index (χ3n) is 5.11. The molecule has 36 heavy (non-hydrogen) atoms. The summed E-state index contributed by atoms with van der Waals surface area (Å²) in [5.74, 6) is -2.23. The van der Waals surface area contributed by atoms with E-state index >= 15 is 0 Å². The number of amides is 1. The predicted molar refractivity (Wildman–Crippen MR) is 115 cm³/mol. The number of hydrogen-bond acceptors (Lipinski definition) is 4. The van der Waals surface area contributed by atoms with Gasteiger partial charge in [0.05, 0.1) is 11.7 Å². The van der Waals surface area contributed by atoms with Crippen molar-refractivity contribution in [1.29, 1.82) is 0 Å². The molecule has 1 amide bonds. The van der Waals surface area contributed by atoms with Gasteiger partial charge in [0.25, 0.3) is 5.91 Å². The molecule has 0 N–H and O–H groups in total. The number of carbonyl (C=O) groups excluding carboxylic acids is 1. The number of ether oxygens (including phenoxy) is 2. The van der Waals surface area contributed by atoms with Crippen LogP contribution in [0.3, 0.4) is 0 Å². The van der Waals surface area contributed by atoms with Crippen LogP contribution >= 0.6 is 0 Å². The normalized spacial score (nSPS) is 17.5. The lowest BCUT2D eigenvalue weighted by Crippen LogP contribution is -2.29. The number of benzene rings is 3. The van der Waals surface area contributed by atoms with E-state index in [1.807, 2.05) is 0 Å². The predicted octanol–water partition coefficient (Wildman–Crippen LogP) is 6.87. The van der Waals surface area contributed by atoms with E-state index < -0.39 is 42.0 Å². The molecule has 1 saturated heterocycles. The summed E-state index contributed by atoms with van der Waals surface area (Å²) in [7, 11) is 0. The molecule has 0 radical (unpaired) electrons. The SMILES string of the molecule is O=C1C(=Nc2ccc(OC(F)(F)F)cc2)CC(c2ccccc2F)N1c1ccc(OC(F)(F)F)cc1. The van der Waals surface area contributed by atoms with Gasteiger partial charge in [-0.25, -0.2) is 9.38 Å². The number of aliphatic imine (C=N–C) groups is 1. The van der Waals surface area contributed by atoms with Crippen LogP contribution in [0.5, 0.6) is 11.5 Å². The molecule has 12 heteroatoms. The molecule has 1 heterocycles. The molecular formula is C24H15F7N2O3. The molecule has 0 bridgehead atoms. The Morgan fingerprint density at radius 2 is 1.31 bits per heavy atom. The van der Waals surface area contributed by atoms with Crippen molar-refractivity contribution in [2.45, 2.75) is 25.2 Å². The standard InChI is InChI=1S/C24H15F7N2O3/c25-19-4-2-1-3-18(19)21-13-20(32-14-5-9-16(10-6-14)35-23(26,27)28)22(34)33(21)15-7-11-17(12-8-15)36-24(29,30)31/h1-12,21H,13H2. The molecule has 1 aliphatic heterocycles. The second-order valence-electron chi connectivity index (χ2n) is 7.56. The van der Waals surface area contributed by atoms with Crippen LogP contribution in [0.1, 0.15) is 18.0 Å². The summed E-state index contributed by atoms with van der Waals surface area (Å²) >= 11 is 0. The smallest absolute Gasteiger partial charge is 0.406 e. The van der Waals surface area contributed by atoms with E-state index in [-0.39, 0.29) is 29.1 Å². The van der Waals surface area contributed by atoms with E-state index in [0.29, 0.717) is 0 Å². The fraction of sp³-hybridized carbons (Fsp3) is 0.167. The van der Waals surface area contributed by atoms with Gasteiger partial charge in [-0.2, -0.15) is 0 Å². The molecule has 3 aromatic rings. The molecule has 4 rings (SSSR count). The van der Waals surface area contributed by atoms with Crippen LogP contribution in [0, 0.1) is 5.82 Å². The van der Waals surface area contributed by atoms with Crippen molar-refractivity contribution in [3.63, 3.8) is 0 Å². The lowest BCUT2D eigenvalue weighted by molar-refractivity contribution is -0.275. The van der Waals surface area contributed by atoms with Gasteiger partial charge in [0, 0.05) is 17.7 Å². The van der Waals surface area contributed by atoms with Gasteiger partial charge < -0.3 is 9.47 Å². The molecule has 1 atom stereocenters. The number of anilines is 1. The molecule has 0 aromatic heterocycles. The molecule has 0 spiro atoms. The topological polar surface area (TPSA) is 51.1 Å². The molecule has 1 unspecified atom stereocenters. The van der Waals surface area contributed by atoms with Crippen LogP contribution in [0.15, 0.2) is 77.8 Å². The highest BCUT2D eigenvalue weighted by Crippen LogP contribution is 2.39. The van der Waals surface area contributed by atoms with E-state index in [0.717, 1.165) is 24.3 Å². The van der Waals surface area contributed by atoms with Crippen molar-refractivity contribution in [1.82, 2.24) is 0 Å². The highest BCUT2D eigenvalue weighted by molar-refractivity contribution is 6.46. The minimum absolute atomic E-state index is 0.0247. The fourth-order valence-corrected chi connectivity index (χ4v) is 3.71. The Bertz CT molecular complexity index is 1270. The number of halogens is 7. The molecule has 0 saturated carbocycles. The van der Waals surface area contributed by atoms with Crippen molar-refractivity contribution >= 4 is 23.0 Å². The van der Waals surface area contributed by atoms with Crippen molar-refractivity contribution in [2.24, 2.45) is 4.99 Å². The molecule has 1 aliphatic rings. The minimum Gasteiger partial charge on any atom is -0.406 e. The Morgan fingerprint density at radius 1 is 0.778 bits per heavy atom. The largest absolute Gasteiger partial charge is 0.573 e. The second-order valence-corrected chi connectivity index (χ2v) is 7.56. The summed E-state index contributed by atoms with van der Waals surface area (Å²) in [6, 6.07) is 13.8. The maximum atomic E-state index is 14.6. The summed E-state index contributed by atoms with van der Waals surface area (Å²) in [5, 5.41) is 0. The Kier molecular flexibility index (Phi) is 6.61. The van der Waals surface area contributed by atoms with Crippen molar-refractivity contribution in [3.8, 4) is 11.5 Å². The van der Waals surface area contributed by atoms with E-state index in [1.54, 1.807) is 6.07 Å². The Hall–Kier alpha value is -4.09. The highest BCUT2D eigenvalue weighted by Gasteiger charge is 2.40. The van der Waals surface area contributed by atoms with Gasteiger partial charge in [-0.1, -0.05) is 18.2 Å². The molecule has 3 aromatic carbocycles. The fourth-order valence-electron chi connectivity index (χ4n) is 3.71. The number of rotatable bonds is 5. The van der Waals surface area contributed by atoms with Crippen LogP contribution in [0.4, 0.5) is 42.1 Å². The van der Waals surface area contributed by atoms with Gasteiger partial charge in [-0.15, -0.1) is 26.3 Å². The summed E-state index contributed by atoms with van der Waals surface area (Å²) in [4.78, 5) is 18.7. The van der Waals surface area contributed by atoms with Crippen molar-refractivity contribution in [3.05, 3.63) is 84.2 Å². The quantitative estimate of drug-likeness (QED) is 0.351. The Labute approximate surface area is 199 Å². The van der Waals surface area contributed by atoms with Gasteiger partial charge in [-0.05, 0) is 54.6 Å². The zero-order valence-electron chi connectivity index (χ0n) is 18.0. The van der Waals surface area contributed by atoms with Gasteiger partial charge in [0.2, 0.25) is 0 Å². The van der Waals surface area contributed by atoms with Crippen molar-refractivity contribution < 1.29 is 45.0 Å². The molecule has 0 aliphatic carbocycles. The lowest BCUT2D eigenvalue weighted by atomic mass is 10.0. The monoisotopic (exact) mass is 512 g/mol. The Balaban J connectivity index is 1.67. The van der Waals surface area contributed by atoms with Gasteiger partial charge >= 0.3 is 12.7 Å². The van der Waals surface area contributed by atoms with E-state index in [4.69, 9.17) is 0 Å². The van der Waals surface area contributed by atoms with E-state index in [9.17, 15) is 35.5 Å². The number of hydrogen-bond donors (Lipinski definition) is 0. The van der Waals surface area contributed by atoms with Gasteiger partial charge in [0.15, 0.2) is 0 Å². The molecule has 5 nitrogen and oxygen atoms in total. The molecule has 1 fully saturated rings.